The molecule has 0 aromatic heterocycles. The van der Waals surface area contributed by atoms with Gasteiger partial charge in [-0.2, -0.15) is 0 Å². The Kier molecular flexibility index (Phi) is 5.53. The molecule has 2 aromatic carbocycles. The number of esters is 1. The second-order valence-electron chi connectivity index (χ2n) is 6.40. The van der Waals surface area contributed by atoms with Gasteiger partial charge in [-0.3, -0.25) is 20.2 Å². The molecule has 29 heavy (non-hydrogen) atoms. The molecule has 1 aliphatic heterocycles. The molecule has 0 saturated heterocycles. The monoisotopic (exact) mass is 399 g/mol. The third-order valence-electron chi connectivity index (χ3n) is 4.70. The lowest BCUT2D eigenvalue weighted by molar-refractivity contribution is -0.484. The van der Waals surface area contributed by atoms with Crippen LogP contribution in [0.25, 0.3) is 0 Å². The number of non-ortho nitro benzene ring substituents is 1. The number of hydrogen-bond acceptors (Lipinski definition) is 8. The summed E-state index contributed by atoms with van der Waals surface area (Å²) in [6.07, 6.45) is 0. The maximum atomic E-state index is 12.7. The fourth-order valence-corrected chi connectivity index (χ4v) is 3.26. The molecule has 0 N–H and O–H groups in total. The van der Waals surface area contributed by atoms with Crippen LogP contribution in [0.3, 0.4) is 0 Å². The molecule has 10 heteroatoms. The van der Waals surface area contributed by atoms with Crippen LogP contribution in [0.5, 0.6) is 0 Å². The first-order valence-electron chi connectivity index (χ1n) is 8.60. The molecule has 0 unspecified atom stereocenters. The van der Waals surface area contributed by atoms with E-state index in [1.54, 1.807) is 30.3 Å². The molecule has 0 amide bonds. The minimum atomic E-state index is -1.69. The lowest BCUT2D eigenvalue weighted by atomic mass is 9.80. The largest absolute Gasteiger partial charge is 0.474 e. The quantitative estimate of drug-likeness (QED) is 0.396. The van der Waals surface area contributed by atoms with Crippen LogP contribution >= 0.6 is 0 Å². The van der Waals surface area contributed by atoms with Gasteiger partial charge in [0.2, 0.25) is 18.0 Å². The van der Waals surface area contributed by atoms with Crippen molar-refractivity contribution in [3.05, 3.63) is 86.0 Å². The number of ether oxygens (including phenoxy) is 2. The number of benzene rings is 2. The Morgan fingerprint density at radius 3 is 2.38 bits per heavy atom. The summed E-state index contributed by atoms with van der Waals surface area (Å²) >= 11 is 0. The van der Waals surface area contributed by atoms with E-state index < -0.39 is 33.8 Å². The van der Waals surface area contributed by atoms with E-state index >= 15 is 0 Å². The van der Waals surface area contributed by atoms with E-state index in [4.69, 9.17) is 9.47 Å². The fraction of sp³-hybridized carbons (Fsp3) is 0.263. The molecule has 0 spiro atoms. The molecule has 0 fully saturated rings. The topological polar surface area (TPSA) is 134 Å². The smallest absolute Gasteiger partial charge is 0.338 e. The molecular formula is C19H17N3O7. The highest BCUT2D eigenvalue weighted by atomic mass is 16.6. The van der Waals surface area contributed by atoms with Crippen LogP contribution in [-0.2, 0) is 14.3 Å². The van der Waals surface area contributed by atoms with Gasteiger partial charge in [0.25, 0.3) is 5.69 Å². The third kappa shape index (κ3) is 3.91. The normalized spacial score (nSPS) is 19.0. The molecule has 0 radical (unpaired) electrons. The fourth-order valence-electron chi connectivity index (χ4n) is 3.26. The summed E-state index contributed by atoms with van der Waals surface area (Å²) in [5.74, 6) is -1.66. The van der Waals surface area contributed by atoms with Crippen molar-refractivity contribution in [1.82, 2.24) is 0 Å². The molecule has 150 valence electrons. The number of carbonyl (C=O) groups is 1. The average molecular weight is 399 g/mol. The Balaban J connectivity index is 2.10. The summed E-state index contributed by atoms with van der Waals surface area (Å²) in [6, 6.07) is 14.0. The standard InChI is InChI=1S/C19H17N3O7/c1-28-18(23)19(12-29-17(20-19)14-5-3-2-4-6-14)16(11-21(24)25)13-7-9-15(10-8-13)22(26)27/h2-10,16H,11-12H2,1H3/t16-,19+/m1/s1. The Bertz CT molecular complexity index is 960. The second kappa shape index (κ2) is 8.05. The van der Waals surface area contributed by atoms with E-state index in [1.807, 2.05) is 0 Å². The van der Waals surface area contributed by atoms with E-state index in [0.29, 0.717) is 11.1 Å². The molecule has 2 atom stereocenters. The second-order valence-corrected chi connectivity index (χ2v) is 6.40. The zero-order chi connectivity index (χ0) is 21.0. The Morgan fingerprint density at radius 1 is 1.17 bits per heavy atom. The lowest BCUT2D eigenvalue weighted by Crippen LogP contribution is -2.47. The Morgan fingerprint density at radius 2 is 1.83 bits per heavy atom. The number of methoxy groups -OCH3 is 1. The van der Waals surface area contributed by atoms with Gasteiger partial charge in [-0.05, 0) is 17.7 Å². The van der Waals surface area contributed by atoms with Gasteiger partial charge in [-0.15, -0.1) is 0 Å². The van der Waals surface area contributed by atoms with Gasteiger partial charge in [0, 0.05) is 22.6 Å². The number of rotatable bonds is 7. The summed E-state index contributed by atoms with van der Waals surface area (Å²) in [4.78, 5) is 38.3. The first-order chi connectivity index (χ1) is 13.9. The maximum absolute atomic E-state index is 12.7. The first-order valence-corrected chi connectivity index (χ1v) is 8.60. The van der Waals surface area contributed by atoms with Crippen molar-refractivity contribution in [2.45, 2.75) is 11.5 Å². The molecule has 1 aliphatic rings. The van der Waals surface area contributed by atoms with Crippen LogP contribution in [0.15, 0.2) is 59.6 Å². The van der Waals surface area contributed by atoms with Gasteiger partial charge in [0.15, 0.2) is 0 Å². The van der Waals surface area contributed by atoms with Crippen molar-refractivity contribution in [3.8, 4) is 0 Å². The van der Waals surface area contributed by atoms with Crippen LogP contribution in [0.4, 0.5) is 5.69 Å². The summed E-state index contributed by atoms with van der Waals surface area (Å²) in [5.41, 5.74) is -0.901. The molecule has 0 bridgehead atoms. The van der Waals surface area contributed by atoms with Crippen LogP contribution in [0.1, 0.15) is 17.0 Å². The van der Waals surface area contributed by atoms with E-state index in [1.165, 1.54) is 31.4 Å². The van der Waals surface area contributed by atoms with Gasteiger partial charge in [0.05, 0.1) is 18.0 Å². The maximum Gasteiger partial charge on any atom is 0.338 e. The highest BCUT2D eigenvalue weighted by Gasteiger charge is 2.54. The van der Waals surface area contributed by atoms with Crippen molar-refractivity contribution in [2.24, 2.45) is 4.99 Å². The summed E-state index contributed by atoms with van der Waals surface area (Å²) < 4.78 is 10.6. The van der Waals surface area contributed by atoms with Gasteiger partial charge in [-0.1, -0.05) is 30.3 Å². The lowest BCUT2D eigenvalue weighted by Gasteiger charge is -2.28. The zero-order valence-electron chi connectivity index (χ0n) is 15.4. The number of nitro groups is 2. The van der Waals surface area contributed by atoms with Crippen molar-refractivity contribution in [2.75, 3.05) is 20.3 Å². The number of aliphatic imine (C=N–C) groups is 1. The average Bonchev–Trinajstić information content (AvgIpc) is 3.18. The molecule has 10 nitrogen and oxygen atoms in total. The Labute approximate surface area is 165 Å². The molecule has 0 aliphatic carbocycles. The van der Waals surface area contributed by atoms with E-state index in [9.17, 15) is 25.0 Å². The highest BCUT2D eigenvalue weighted by Crippen LogP contribution is 2.38. The highest BCUT2D eigenvalue weighted by molar-refractivity contribution is 5.99. The third-order valence-corrected chi connectivity index (χ3v) is 4.70. The first kappa shape index (κ1) is 19.9. The van der Waals surface area contributed by atoms with Crippen molar-refractivity contribution in [3.63, 3.8) is 0 Å². The van der Waals surface area contributed by atoms with Crippen LogP contribution in [0.2, 0.25) is 0 Å². The van der Waals surface area contributed by atoms with Gasteiger partial charge in [0.1, 0.15) is 6.61 Å². The van der Waals surface area contributed by atoms with E-state index in [-0.39, 0.29) is 18.2 Å². The molecule has 3 rings (SSSR count). The molecular weight excluding hydrogens is 382 g/mol. The van der Waals surface area contributed by atoms with Crippen molar-refractivity contribution < 1.29 is 24.1 Å². The molecule has 0 saturated carbocycles. The van der Waals surface area contributed by atoms with E-state index in [2.05, 4.69) is 4.99 Å². The number of nitro benzene ring substituents is 1. The zero-order valence-corrected chi connectivity index (χ0v) is 15.4. The van der Waals surface area contributed by atoms with Crippen LogP contribution in [0, 0.1) is 20.2 Å². The summed E-state index contributed by atoms with van der Waals surface area (Å²) in [7, 11) is 1.17. The SMILES string of the molecule is COC(=O)[C@@]1([C@H](C[N+](=O)[O-])c2ccc([N+](=O)[O-])cc2)COC(c2ccccc2)=N1. The number of carbonyl (C=O) groups excluding carboxylic acids is 1. The number of nitrogens with zero attached hydrogens (tertiary/aromatic N) is 3. The minimum absolute atomic E-state index is 0.170. The Hall–Kier alpha value is -3.82. The molecule has 2 aromatic rings. The van der Waals surface area contributed by atoms with E-state index in [0.717, 1.165) is 0 Å². The summed E-state index contributed by atoms with van der Waals surface area (Å²) in [5, 5.41) is 22.3. The van der Waals surface area contributed by atoms with Crippen molar-refractivity contribution >= 4 is 17.6 Å². The van der Waals surface area contributed by atoms with Gasteiger partial charge < -0.3 is 9.47 Å². The van der Waals surface area contributed by atoms with Gasteiger partial charge >= 0.3 is 5.97 Å². The predicted octanol–water partition coefficient (Wildman–Crippen LogP) is 2.34. The van der Waals surface area contributed by atoms with Crippen LogP contribution in [-0.4, -0.2) is 47.5 Å². The predicted molar refractivity (Wildman–Crippen MR) is 101 cm³/mol. The summed E-state index contributed by atoms with van der Waals surface area (Å²) in [6.45, 7) is -0.888. The van der Waals surface area contributed by atoms with Gasteiger partial charge in [-0.25, -0.2) is 9.79 Å². The minimum Gasteiger partial charge on any atom is -0.474 e. The van der Waals surface area contributed by atoms with Crippen molar-refractivity contribution in [1.29, 1.82) is 0 Å². The number of hydrogen-bond donors (Lipinski definition) is 0. The van der Waals surface area contributed by atoms with Crippen LogP contribution < -0.4 is 0 Å². The molecule has 1 heterocycles.